The van der Waals surface area contributed by atoms with Crippen LogP contribution in [0.4, 0.5) is 0 Å². The van der Waals surface area contributed by atoms with Gasteiger partial charge in [0.05, 0.1) is 18.6 Å². The van der Waals surface area contributed by atoms with Crippen LogP contribution < -0.4 is 15.0 Å². The highest BCUT2D eigenvalue weighted by atomic mass is 35.5. The van der Waals surface area contributed by atoms with Gasteiger partial charge in [0.1, 0.15) is 22.2 Å². The first-order valence-electron chi connectivity index (χ1n) is 11.6. The summed E-state index contributed by atoms with van der Waals surface area (Å²) in [6.45, 7) is 5.34. The van der Waals surface area contributed by atoms with Gasteiger partial charge in [-0.2, -0.15) is 0 Å². The Morgan fingerprint density at radius 2 is 1.85 bits per heavy atom. The lowest BCUT2D eigenvalue weighted by Gasteiger charge is -2.17. The van der Waals surface area contributed by atoms with E-state index in [0.29, 0.717) is 25.0 Å². The van der Waals surface area contributed by atoms with Crippen molar-refractivity contribution >= 4 is 33.2 Å². The van der Waals surface area contributed by atoms with Crippen LogP contribution in [0.15, 0.2) is 47.3 Å². The standard InChI is InChI=1S/C27H27ClN2O3S/c1-16-4-10-21-23(14-16)34-27-24(21)26(31)29-25(30-27)18-5-7-19(8-6-18)32-12-3-13-33-20-9-11-22(28)17(2)15-20/h5-9,11,15-16H,3-4,10,12-14H2,1-2H3,(H,29,30,31)/t16-/m1/s1. The molecule has 7 heteroatoms. The SMILES string of the molecule is Cc1cc(OCCCOc2ccc(-c3nc4sc5c(c4c(=O)[nH]3)CC[C@@H](C)C5)cc2)ccc1Cl. The summed E-state index contributed by atoms with van der Waals surface area (Å²) in [7, 11) is 0. The Morgan fingerprint density at radius 1 is 1.12 bits per heavy atom. The largest absolute Gasteiger partial charge is 0.493 e. The summed E-state index contributed by atoms with van der Waals surface area (Å²) in [4.78, 5) is 22.8. The van der Waals surface area contributed by atoms with Crippen molar-refractivity contribution in [2.24, 2.45) is 5.92 Å². The molecular weight excluding hydrogens is 468 g/mol. The number of benzene rings is 2. The van der Waals surface area contributed by atoms with Gasteiger partial charge in [-0.3, -0.25) is 4.79 Å². The van der Waals surface area contributed by atoms with Crippen LogP contribution in [0, 0.1) is 12.8 Å². The molecule has 2 aromatic carbocycles. The van der Waals surface area contributed by atoms with Crippen molar-refractivity contribution in [1.29, 1.82) is 0 Å². The van der Waals surface area contributed by atoms with Crippen molar-refractivity contribution in [3.05, 3.63) is 73.8 Å². The summed E-state index contributed by atoms with van der Waals surface area (Å²) < 4.78 is 11.6. The molecule has 1 atom stereocenters. The smallest absolute Gasteiger partial charge is 0.260 e. The minimum atomic E-state index is -0.0386. The van der Waals surface area contributed by atoms with E-state index in [-0.39, 0.29) is 5.56 Å². The Labute approximate surface area is 207 Å². The highest BCUT2D eigenvalue weighted by Gasteiger charge is 2.23. The Hall–Kier alpha value is -2.83. The molecule has 0 saturated heterocycles. The molecule has 0 unspecified atom stereocenters. The zero-order chi connectivity index (χ0) is 23.7. The predicted molar refractivity (Wildman–Crippen MR) is 139 cm³/mol. The number of halogens is 1. The molecule has 4 aromatic rings. The maximum atomic E-state index is 12.9. The van der Waals surface area contributed by atoms with Crippen LogP contribution >= 0.6 is 22.9 Å². The molecule has 2 heterocycles. The fraction of sp³-hybridized carbons (Fsp3) is 0.333. The molecule has 2 aromatic heterocycles. The van der Waals surface area contributed by atoms with E-state index in [4.69, 9.17) is 26.1 Å². The van der Waals surface area contributed by atoms with Crippen molar-refractivity contribution in [3.8, 4) is 22.9 Å². The third kappa shape index (κ3) is 4.84. The lowest BCUT2D eigenvalue weighted by atomic mass is 9.89. The second kappa shape index (κ2) is 9.80. The van der Waals surface area contributed by atoms with Crippen LogP contribution in [-0.2, 0) is 12.8 Å². The maximum absolute atomic E-state index is 12.9. The number of thiophene rings is 1. The third-order valence-electron chi connectivity index (χ3n) is 6.25. The van der Waals surface area contributed by atoms with E-state index >= 15 is 0 Å². The number of rotatable bonds is 7. The van der Waals surface area contributed by atoms with Gasteiger partial charge in [-0.15, -0.1) is 11.3 Å². The van der Waals surface area contributed by atoms with Crippen LogP contribution in [0.25, 0.3) is 21.6 Å². The molecule has 5 rings (SSSR count). The first-order valence-corrected chi connectivity index (χ1v) is 12.8. The van der Waals surface area contributed by atoms with Crippen LogP contribution in [0.2, 0.25) is 5.02 Å². The van der Waals surface area contributed by atoms with Crippen LogP contribution in [0.3, 0.4) is 0 Å². The van der Waals surface area contributed by atoms with E-state index in [1.165, 1.54) is 10.4 Å². The van der Waals surface area contributed by atoms with E-state index in [2.05, 4.69) is 11.9 Å². The zero-order valence-corrected chi connectivity index (χ0v) is 20.9. The van der Waals surface area contributed by atoms with Crippen molar-refractivity contribution in [1.82, 2.24) is 9.97 Å². The number of aromatic nitrogens is 2. The second-order valence-corrected chi connectivity index (χ2v) is 10.4. The molecule has 176 valence electrons. The lowest BCUT2D eigenvalue weighted by molar-refractivity contribution is 0.247. The number of hydrogen-bond acceptors (Lipinski definition) is 5. The van der Waals surface area contributed by atoms with Crippen molar-refractivity contribution < 1.29 is 9.47 Å². The fourth-order valence-electron chi connectivity index (χ4n) is 4.34. The molecule has 0 bridgehead atoms. The normalized spacial score (nSPS) is 15.3. The summed E-state index contributed by atoms with van der Waals surface area (Å²) in [5.74, 6) is 2.85. The molecule has 0 radical (unpaired) electrons. The van der Waals surface area contributed by atoms with Crippen LogP contribution in [0.1, 0.15) is 35.8 Å². The Bertz CT molecular complexity index is 1380. The van der Waals surface area contributed by atoms with Crippen LogP contribution in [0.5, 0.6) is 11.5 Å². The molecule has 0 amide bonds. The molecule has 0 fully saturated rings. The van der Waals surface area contributed by atoms with E-state index < -0.39 is 0 Å². The first-order chi connectivity index (χ1) is 16.5. The molecule has 5 nitrogen and oxygen atoms in total. The Kier molecular flexibility index (Phi) is 6.61. The molecule has 0 aliphatic heterocycles. The molecule has 0 spiro atoms. The van der Waals surface area contributed by atoms with Crippen molar-refractivity contribution in [2.75, 3.05) is 13.2 Å². The topological polar surface area (TPSA) is 64.2 Å². The van der Waals surface area contributed by atoms with E-state index in [0.717, 1.165) is 63.5 Å². The average molecular weight is 495 g/mol. The van der Waals surface area contributed by atoms with Gasteiger partial charge in [0, 0.05) is 21.9 Å². The average Bonchev–Trinajstić information content (AvgIpc) is 3.19. The summed E-state index contributed by atoms with van der Waals surface area (Å²) in [6.07, 6.45) is 3.91. The van der Waals surface area contributed by atoms with Crippen molar-refractivity contribution in [2.45, 2.75) is 39.5 Å². The highest BCUT2D eigenvalue weighted by Crippen LogP contribution is 2.36. The van der Waals surface area contributed by atoms with Gasteiger partial charge in [-0.1, -0.05) is 18.5 Å². The zero-order valence-electron chi connectivity index (χ0n) is 19.3. The number of fused-ring (bicyclic) bond motifs is 3. The van der Waals surface area contributed by atoms with Gasteiger partial charge in [0.25, 0.3) is 5.56 Å². The number of aryl methyl sites for hydroxylation is 2. The number of H-pyrrole nitrogens is 1. The van der Waals surface area contributed by atoms with Gasteiger partial charge >= 0.3 is 0 Å². The fourth-order valence-corrected chi connectivity index (χ4v) is 5.84. The third-order valence-corrected chi connectivity index (χ3v) is 7.82. The highest BCUT2D eigenvalue weighted by molar-refractivity contribution is 7.18. The molecule has 0 saturated carbocycles. The van der Waals surface area contributed by atoms with Gasteiger partial charge in [-0.25, -0.2) is 4.98 Å². The Morgan fingerprint density at radius 3 is 2.62 bits per heavy atom. The van der Waals surface area contributed by atoms with Gasteiger partial charge in [-0.05, 0) is 85.7 Å². The van der Waals surface area contributed by atoms with Gasteiger partial charge in [0.15, 0.2) is 0 Å². The van der Waals surface area contributed by atoms with Gasteiger partial charge in [0.2, 0.25) is 0 Å². The van der Waals surface area contributed by atoms with E-state index in [1.807, 2.05) is 49.4 Å². The van der Waals surface area contributed by atoms with Crippen LogP contribution in [-0.4, -0.2) is 23.2 Å². The minimum absolute atomic E-state index is 0.0386. The minimum Gasteiger partial charge on any atom is -0.493 e. The summed E-state index contributed by atoms with van der Waals surface area (Å²) in [5, 5.41) is 1.52. The molecular formula is C27H27ClN2O3S. The van der Waals surface area contributed by atoms with E-state index in [9.17, 15) is 4.79 Å². The second-order valence-electron chi connectivity index (χ2n) is 8.93. The number of nitrogens with zero attached hydrogens (tertiary/aromatic N) is 1. The van der Waals surface area contributed by atoms with E-state index in [1.54, 1.807) is 11.3 Å². The first kappa shape index (κ1) is 22.9. The predicted octanol–water partition coefficient (Wildman–Crippen LogP) is 6.59. The molecule has 1 aliphatic rings. The van der Waals surface area contributed by atoms with Gasteiger partial charge < -0.3 is 14.5 Å². The lowest BCUT2D eigenvalue weighted by Crippen LogP contribution is -2.13. The Balaban J connectivity index is 1.20. The quantitative estimate of drug-likeness (QED) is 0.294. The number of nitrogens with one attached hydrogen (secondary N) is 1. The summed E-state index contributed by atoms with van der Waals surface area (Å²) >= 11 is 7.72. The molecule has 34 heavy (non-hydrogen) atoms. The summed E-state index contributed by atoms with van der Waals surface area (Å²) in [6, 6.07) is 13.3. The monoisotopic (exact) mass is 494 g/mol. The number of ether oxygens (including phenoxy) is 2. The summed E-state index contributed by atoms with van der Waals surface area (Å²) in [5.41, 5.74) is 3.03. The number of hydrogen-bond donors (Lipinski definition) is 1. The van der Waals surface area contributed by atoms with Crippen molar-refractivity contribution in [3.63, 3.8) is 0 Å². The maximum Gasteiger partial charge on any atom is 0.260 e. The number of aromatic amines is 1. The molecule has 1 N–H and O–H groups in total. The molecule has 1 aliphatic carbocycles.